The van der Waals surface area contributed by atoms with Crippen molar-refractivity contribution in [2.24, 2.45) is 0 Å². The molecule has 0 aliphatic rings. The van der Waals surface area contributed by atoms with Crippen molar-refractivity contribution in [3.05, 3.63) is 66.4 Å². The molecule has 1 N–H and O–H groups in total. The average molecular weight is 378 g/mol. The number of aromatic nitrogens is 2. The van der Waals surface area contributed by atoms with Crippen LogP contribution in [-0.2, 0) is 0 Å². The molecule has 1 amide bonds. The molecule has 0 saturated heterocycles. The summed E-state index contributed by atoms with van der Waals surface area (Å²) in [5.74, 6) is 0.646. The minimum atomic E-state index is -0.119. The van der Waals surface area contributed by atoms with Crippen molar-refractivity contribution in [2.75, 3.05) is 34.3 Å². The second-order valence-electron chi connectivity index (χ2n) is 6.81. The summed E-state index contributed by atoms with van der Waals surface area (Å²) in [5.41, 5.74) is 2.98. The van der Waals surface area contributed by atoms with Crippen molar-refractivity contribution in [1.29, 1.82) is 0 Å². The van der Waals surface area contributed by atoms with Gasteiger partial charge in [0.25, 0.3) is 5.91 Å². The van der Waals surface area contributed by atoms with Gasteiger partial charge in [0.2, 0.25) is 0 Å². The lowest BCUT2D eigenvalue weighted by Gasteiger charge is -2.10. The highest BCUT2D eigenvalue weighted by atomic mass is 16.5. The Morgan fingerprint density at radius 3 is 2.46 bits per heavy atom. The van der Waals surface area contributed by atoms with Gasteiger partial charge in [-0.15, -0.1) is 0 Å². The molecule has 0 saturated carbocycles. The number of para-hydroxylation sites is 1. The SMILES string of the molecule is COc1ccc(-c2nn(-c3ccccc3)cc2C(=O)NCCCN(C)C)cc1. The van der Waals surface area contributed by atoms with Gasteiger partial charge >= 0.3 is 0 Å². The molecule has 0 fully saturated rings. The minimum absolute atomic E-state index is 0.119. The fraction of sp³-hybridized carbons (Fsp3) is 0.273. The number of methoxy groups -OCH3 is 1. The third-order valence-corrected chi connectivity index (χ3v) is 4.41. The summed E-state index contributed by atoms with van der Waals surface area (Å²) < 4.78 is 6.98. The van der Waals surface area contributed by atoms with Gasteiger partial charge in [0.15, 0.2) is 0 Å². The van der Waals surface area contributed by atoms with Crippen LogP contribution >= 0.6 is 0 Å². The average Bonchev–Trinajstić information content (AvgIpc) is 3.17. The van der Waals surface area contributed by atoms with E-state index >= 15 is 0 Å². The van der Waals surface area contributed by atoms with E-state index in [0.717, 1.165) is 30.0 Å². The van der Waals surface area contributed by atoms with Crippen molar-refractivity contribution in [3.8, 4) is 22.7 Å². The summed E-state index contributed by atoms with van der Waals surface area (Å²) in [6, 6.07) is 17.4. The molecule has 0 spiro atoms. The molecule has 1 aromatic heterocycles. The third kappa shape index (κ3) is 4.78. The first-order valence-electron chi connectivity index (χ1n) is 9.31. The molecule has 6 heteroatoms. The molecule has 0 unspecified atom stereocenters. The van der Waals surface area contributed by atoms with Gasteiger partial charge in [-0.1, -0.05) is 18.2 Å². The maximum absolute atomic E-state index is 12.8. The highest BCUT2D eigenvalue weighted by Gasteiger charge is 2.18. The number of hydrogen-bond acceptors (Lipinski definition) is 4. The first kappa shape index (κ1) is 19.6. The van der Waals surface area contributed by atoms with E-state index in [9.17, 15) is 4.79 Å². The molecule has 0 atom stereocenters. The Kier molecular flexibility index (Phi) is 6.45. The highest BCUT2D eigenvalue weighted by Crippen LogP contribution is 2.25. The van der Waals surface area contributed by atoms with Gasteiger partial charge in [0.1, 0.15) is 11.4 Å². The highest BCUT2D eigenvalue weighted by molar-refractivity contribution is 5.99. The zero-order valence-electron chi connectivity index (χ0n) is 16.6. The Morgan fingerprint density at radius 2 is 1.82 bits per heavy atom. The lowest BCUT2D eigenvalue weighted by molar-refractivity contribution is 0.0953. The maximum atomic E-state index is 12.8. The van der Waals surface area contributed by atoms with Crippen LogP contribution in [0.5, 0.6) is 5.75 Å². The molecular formula is C22H26N4O2. The molecule has 0 aliphatic carbocycles. The lowest BCUT2D eigenvalue weighted by Crippen LogP contribution is -2.27. The molecule has 0 aliphatic heterocycles. The molecule has 6 nitrogen and oxygen atoms in total. The molecule has 3 aromatic rings. The van der Waals surface area contributed by atoms with Crippen molar-refractivity contribution in [1.82, 2.24) is 20.0 Å². The zero-order chi connectivity index (χ0) is 19.9. The summed E-state index contributed by atoms with van der Waals surface area (Å²) in [7, 11) is 5.67. The zero-order valence-corrected chi connectivity index (χ0v) is 16.6. The third-order valence-electron chi connectivity index (χ3n) is 4.41. The number of hydrogen-bond donors (Lipinski definition) is 1. The van der Waals surface area contributed by atoms with Crippen LogP contribution in [0, 0.1) is 0 Å². The van der Waals surface area contributed by atoms with Crippen LogP contribution in [0.1, 0.15) is 16.8 Å². The largest absolute Gasteiger partial charge is 0.497 e. The Bertz CT molecular complexity index is 902. The van der Waals surface area contributed by atoms with Crippen LogP contribution in [0.3, 0.4) is 0 Å². The summed E-state index contributed by atoms with van der Waals surface area (Å²) in [6.45, 7) is 1.55. The first-order valence-corrected chi connectivity index (χ1v) is 9.31. The molecule has 28 heavy (non-hydrogen) atoms. The van der Waals surface area contributed by atoms with Gasteiger partial charge in [0.05, 0.1) is 18.4 Å². The van der Waals surface area contributed by atoms with Crippen LogP contribution in [0.15, 0.2) is 60.8 Å². The summed E-state index contributed by atoms with van der Waals surface area (Å²) in [4.78, 5) is 14.9. The lowest BCUT2D eigenvalue weighted by atomic mass is 10.1. The fourth-order valence-corrected chi connectivity index (χ4v) is 2.91. The fourth-order valence-electron chi connectivity index (χ4n) is 2.91. The maximum Gasteiger partial charge on any atom is 0.255 e. The quantitative estimate of drug-likeness (QED) is 0.612. The van der Waals surface area contributed by atoms with Crippen molar-refractivity contribution < 1.29 is 9.53 Å². The van der Waals surface area contributed by atoms with E-state index in [2.05, 4.69) is 10.2 Å². The predicted octanol–water partition coefficient (Wildman–Crippen LogP) is 3.23. The second kappa shape index (κ2) is 9.19. The Labute approximate surface area is 165 Å². The number of carbonyl (C=O) groups excluding carboxylic acids is 1. The van der Waals surface area contributed by atoms with E-state index in [0.29, 0.717) is 17.8 Å². The molecule has 1 heterocycles. The number of amides is 1. The number of nitrogens with one attached hydrogen (secondary N) is 1. The normalized spacial score (nSPS) is 10.9. The van der Waals surface area contributed by atoms with Crippen LogP contribution in [0.4, 0.5) is 0 Å². The van der Waals surface area contributed by atoms with E-state index in [4.69, 9.17) is 9.84 Å². The number of carbonyl (C=O) groups is 1. The molecule has 3 rings (SSSR count). The summed E-state index contributed by atoms with van der Waals surface area (Å²) in [5, 5.41) is 7.70. The number of rotatable bonds is 8. The molecule has 0 bridgehead atoms. The topological polar surface area (TPSA) is 59.4 Å². The van der Waals surface area contributed by atoms with Crippen molar-refractivity contribution in [3.63, 3.8) is 0 Å². The molecule has 0 radical (unpaired) electrons. The van der Waals surface area contributed by atoms with Crippen LogP contribution in [-0.4, -0.2) is 54.9 Å². The molecule has 146 valence electrons. The van der Waals surface area contributed by atoms with Crippen LogP contribution in [0.25, 0.3) is 16.9 Å². The second-order valence-corrected chi connectivity index (χ2v) is 6.81. The predicted molar refractivity (Wildman–Crippen MR) is 111 cm³/mol. The number of benzene rings is 2. The summed E-state index contributed by atoms with van der Waals surface area (Å²) in [6.07, 6.45) is 2.68. The Hall–Kier alpha value is -3.12. The molecule has 2 aromatic carbocycles. The van der Waals surface area contributed by atoms with Gasteiger partial charge < -0.3 is 15.0 Å². The van der Waals surface area contributed by atoms with Gasteiger partial charge in [-0.05, 0) is 63.5 Å². The van der Waals surface area contributed by atoms with Gasteiger partial charge in [-0.2, -0.15) is 5.10 Å². The van der Waals surface area contributed by atoms with Gasteiger partial charge in [0, 0.05) is 18.3 Å². The van der Waals surface area contributed by atoms with Gasteiger partial charge in [-0.3, -0.25) is 4.79 Å². The standard InChI is InChI=1S/C22H26N4O2/c1-25(2)15-7-14-23-22(27)20-16-26(18-8-5-4-6-9-18)24-21(20)17-10-12-19(28-3)13-11-17/h4-6,8-13,16H,7,14-15H2,1-3H3,(H,23,27). The minimum Gasteiger partial charge on any atom is -0.497 e. The first-order chi connectivity index (χ1) is 13.6. The summed E-state index contributed by atoms with van der Waals surface area (Å²) >= 11 is 0. The Morgan fingerprint density at radius 1 is 1.11 bits per heavy atom. The smallest absolute Gasteiger partial charge is 0.255 e. The van der Waals surface area contributed by atoms with E-state index in [1.54, 1.807) is 18.0 Å². The van der Waals surface area contributed by atoms with Gasteiger partial charge in [-0.25, -0.2) is 4.68 Å². The van der Waals surface area contributed by atoms with E-state index in [-0.39, 0.29) is 5.91 Å². The van der Waals surface area contributed by atoms with E-state index in [1.165, 1.54) is 0 Å². The molecular weight excluding hydrogens is 352 g/mol. The monoisotopic (exact) mass is 378 g/mol. The van der Waals surface area contributed by atoms with Crippen molar-refractivity contribution in [2.45, 2.75) is 6.42 Å². The number of ether oxygens (including phenoxy) is 1. The Balaban J connectivity index is 1.89. The van der Waals surface area contributed by atoms with Crippen LogP contribution in [0.2, 0.25) is 0 Å². The van der Waals surface area contributed by atoms with Crippen LogP contribution < -0.4 is 10.1 Å². The number of nitrogens with zero attached hydrogens (tertiary/aromatic N) is 3. The van der Waals surface area contributed by atoms with E-state index < -0.39 is 0 Å². The van der Waals surface area contributed by atoms with Crippen molar-refractivity contribution >= 4 is 5.91 Å². The van der Waals surface area contributed by atoms with E-state index in [1.807, 2.05) is 68.7 Å².